The summed E-state index contributed by atoms with van der Waals surface area (Å²) in [5, 5.41) is 0. The lowest BCUT2D eigenvalue weighted by Gasteiger charge is -2.17. The Labute approximate surface area is 100 Å². The molecule has 0 fully saturated rings. The maximum Gasteiger partial charge on any atom is 0.303 e. The first-order valence-corrected chi connectivity index (χ1v) is 5.39. The van der Waals surface area contributed by atoms with Gasteiger partial charge in [0.05, 0.1) is 0 Å². The fourth-order valence-electron chi connectivity index (χ4n) is 1.66. The fraction of sp³-hybridized carbons (Fsp3) is 0.143. The topological polar surface area (TPSA) is 39.2 Å². The number of hydrogen-bond donors (Lipinski definition) is 0. The molecule has 0 unspecified atom stereocenters. The van der Waals surface area contributed by atoms with Crippen LogP contribution < -0.4 is 0 Å². The Morgan fingerprint density at radius 1 is 1.06 bits per heavy atom. The molecule has 0 aliphatic heterocycles. The zero-order valence-electron chi connectivity index (χ0n) is 9.54. The summed E-state index contributed by atoms with van der Waals surface area (Å²) in [6.07, 6.45) is 3.01. The molecule has 0 saturated carbocycles. The van der Waals surface area contributed by atoms with E-state index in [0.29, 0.717) is 0 Å². The van der Waals surface area contributed by atoms with Gasteiger partial charge in [-0.3, -0.25) is 9.78 Å². The highest BCUT2D eigenvalue weighted by Crippen LogP contribution is 2.25. The predicted molar refractivity (Wildman–Crippen MR) is 64.3 cm³/mol. The summed E-state index contributed by atoms with van der Waals surface area (Å²) in [7, 11) is 0. The summed E-state index contributed by atoms with van der Waals surface area (Å²) in [5.74, 6) is -0.296. The molecule has 0 aliphatic carbocycles. The van der Waals surface area contributed by atoms with Gasteiger partial charge in [0.25, 0.3) is 0 Å². The molecule has 2 rings (SSSR count). The monoisotopic (exact) mass is 227 g/mol. The van der Waals surface area contributed by atoms with Crippen molar-refractivity contribution in [3.05, 3.63) is 66.0 Å². The van der Waals surface area contributed by atoms with E-state index in [1.807, 2.05) is 42.5 Å². The number of pyridine rings is 1. The van der Waals surface area contributed by atoms with Crippen molar-refractivity contribution in [3.63, 3.8) is 0 Å². The van der Waals surface area contributed by atoms with Crippen molar-refractivity contribution in [3.8, 4) is 0 Å². The minimum atomic E-state index is -0.364. The lowest BCUT2D eigenvalue weighted by Crippen LogP contribution is -2.09. The summed E-state index contributed by atoms with van der Waals surface area (Å²) in [5.41, 5.74) is 1.87. The van der Waals surface area contributed by atoms with Crippen LogP contribution in [0.5, 0.6) is 0 Å². The van der Waals surface area contributed by atoms with E-state index in [4.69, 9.17) is 4.74 Å². The number of ether oxygens (including phenoxy) is 1. The summed E-state index contributed by atoms with van der Waals surface area (Å²) < 4.78 is 5.36. The quantitative estimate of drug-likeness (QED) is 0.757. The second-order valence-electron chi connectivity index (χ2n) is 3.68. The van der Waals surface area contributed by atoms with E-state index in [0.717, 1.165) is 11.1 Å². The molecule has 0 N–H and O–H groups in total. The smallest absolute Gasteiger partial charge is 0.303 e. The van der Waals surface area contributed by atoms with E-state index in [1.54, 1.807) is 12.4 Å². The fourth-order valence-corrected chi connectivity index (χ4v) is 1.66. The second-order valence-corrected chi connectivity index (χ2v) is 3.68. The lowest BCUT2D eigenvalue weighted by molar-refractivity contribution is -0.144. The molecule has 3 heteroatoms. The van der Waals surface area contributed by atoms with Crippen molar-refractivity contribution < 1.29 is 9.53 Å². The van der Waals surface area contributed by atoms with Crippen molar-refractivity contribution in [1.29, 1.82) is 0 Å². The van der Waals surface area contributed by atoms with Crippen LogP contribution in [0.15, 0.2) is 54.9 Å². The molecule has 3 nitrogen and oxygen atoms in total. The SMILES string of the molecule is CC(=O)O[C@@H](c1ccccc1)c1ccncc1. The van der Waals surface area contributed by atoms with E-state index in [-0.39, 0.29) is 12.1 Å². The Balaban J connectivity index is 2.36. The van der Waals surface area contributed by atoms with Crippen LogP contribution >= 0.6 is 0 Å². The number of aromatic nitrogens is 1. The molecular formula is C14H13NO2. The van der Waals surface area contributed by atoms with Gasteiger partial charge < -0.3 is 4.74 Å². The standard InChI is InChI=1S/C14H13NO2/c1-11(16)17-14(12-5-3-2-4-6-12)13-7-9-15-10-8-13/h2-10,14H,1H3/t14-/m0/s1. The van der Waals surface area contributed by atoms with Gasteiger partial charge in [-0.1, -0.05) is 30.3 Å². The van der Waals surface area contributed by atoms with E-state index in [9.17, 15) is 4.79 Å². The summed E-state index contributed by atoms with van der Waals surface area (Å²) in [4.78, 5) is 15.1. The normalized spacial score (nSPS) is 11.8. The van der Waals surface area contributed by atoms with Gasteiger partial charge in [-0.05, 0) is 17.7 Å². The average molecular weight is 227 g/mol. The van der Waals surface area contributed by atoms with Crippen LogP contribution in [-0.4, -0.2) is 11.0 Å². The van der Waals surface area contributed by atoms with Gasteiger partial charge in [-0.15, -0.1) is 0 Å². The second kappa shape index (κ2) is 5.25. The number of rotatable bonds is 3. The van der Waals surface area contributed by atoms with Crippen LogP contribution in [-0.2, 0) is 9.53 Å². The predicted octanol–water partition coefficient (Wildman–Crippen LogP) is 2.73. The Hall–Kier alpha value is -2.16. The molecule has 86 valence electrons. The number of carbonyl (C=O) groups excluding carboxylic acids is 1. The Morgan fingerprint density at radius 3 is 2.24 bits per heavy atom. The zero-order valence-corrected chi connectivity index (χ0v) is 9.54. The maximum atomic E-state index is 11.2. The third kappa shape index (κ3) is 2.91. The Kier molecular flexibility index (Phi) is 3.50. The minimum absolute atomic E-state index is 0.296. The Morgan fingerprint density at radius 2 is 1.65 bits per heavy atom. The minimum Gasteiger partial charge on any atom is -0.453 e. The highest BCUT2D eigenvalue weighted by Gasteiger charge is 2.16. The largest absolute Gasteiger partial charge is 0.453 e. The first-order chi connectivity index (χ1) is 8.27. The number of esters is 1. The highest BCUT2D eigenvalue weighted by atomic mass is 16.5. The first kappa shape index (κ1) is 11.3. The van der Waals surface area contributed by atoms with Gasteiger partial charge in [0.1, 0.15) is 0 Å². The number of carbonyl (C=O) groups is 1. The van der Waals surface area contributed by atoms with Gasteiger partial charge in [-0.25, -0.2) is 0 Å². The van der Waals surface area contributed by atoms with Gasteiger partial charge in [0, 0.05) is 24.9 Å². The van der Waals surface area contributed by atoms with Crippen LogP contribution in [0.4, 0.5) is 0 Å². The molecule has 0 radical (unpaired) electrons. The molecule has 17 heavy (non-hydrogen) atoms. The van der Waals surface area contributed by atoms with Gasteiger partial charge in [0.15, 0.2) is 6.10 Å². The molecule has 1 aromatic carbocycles. The molecule has 1 atom stereocenters. The van der Waals surface area contributed by atoms with Crippen molar-refractivity contribution in [2.24, 2.45) is 0 Å². The van der Waals surface area contributed by atoms with E-state index >= 15 is 0 Å². The van der Waals surface area contributed by atoms with Crippen molar-refractivity contribution in [2.75, 3.05) is 0 Å². The van der Waals surface area contributed by atoms with E-state index in [1.165, 1.54) is 6.92 Å². The molecule has 1 aromatic heterocycles. The summed E-state index contributed by atoms with van der Waals surface area (Å²) in [6.45, 7) is 1.41. The maximum absolute atomic E-state index is 11.2. The first-order valence-electron chi connectivity index (χ1n) is 5.39. The number of nitrogens with zero attached hydrogens (tertiary/aromatic N) is 1. The van der Waals surface area contributed by atoms with Crippen LogP contribution in [0, 0.1) is 0 Å². The van der Waals surface area contributed by atoms with Crippen LogP contribution in [0.3, 0.4) is 0 Å². The van der Waals surface area contributed by atoms with E-state index < -0.39 is 0 Å². The molecule has 0 saturated heterocycles. The van der Waals surface area contributed by atoms with Crippen molar-refractivity contribution in [1.82, 2.24) is 4.98 Å². The molecule has 0 bridgehead atoms. The zero-order chi connectivity index (χ0) is 12.1. The summed E-state index contributed by atoms with van der Waals surface area (Å²) >= 11 is 0. The summed E-state index contributed by atoms with van der Waals surface area (Å²) in [6, 6.07) is 13.4. The van der Waals surface area contributed by atoms with Crippen LogP contribution in [0.25, 0.3) is 0 Å². The molecule has 0 aliphatic rings. The molecular weight excluding hydrogens is 214 g/mol. The van der Waals surface area contributed by atoms with Crippen LogP contribution in [0.2, 0.25) is 0 Å². The van der Waals surface area contributed by atoms with Gasteiger partial charge in [-0.2, -0.15) is 0 Å². The molecule has 0 spiro atoms. The molecule has 0 amide bonds. The van der Waals surface area contributed by atoms with Crippen LogP contribution in [0.1, 0.15) is 24.2 Å². The van der Waals surface area contributed by atoms with Crippen molar-refractivity contribution >= 4 is 5.97 Å². The number of hydrogen-bond acceptors (Lipinski definition) is 3. The Bertz CT molecular complexity index is 443. The lowest BCUT2D eigenvalue weighted by atomic mass is 10.0. The third-order valence-corrected chi connectivity index (χ3v) is 2.39. The van der Waals surface area contributed by atoms with Gasteiger partial charge >= 0.3 is 5.97 Å². The molecule has 1 heterocycles. The average Bonchev–Trinajstić information content (AvgIpc) is 2.38. The third-order valence-electron chi connectivity index (χ3n) is 2.39. The van der Waals surface area contributed by atoms with Crippen molar-refractivity contribution in [2.45, 2.75) is 13.0 Å². The number of benzene rings is 1. The van der Waals surface area contributed by atoms with Gasteiger partial charge in [0.2, 0.25) is 0 Å². The molecule has 2 aromatic rings. The highest BCUT2D eigenvalue weighted by molar-refractivity contribution is 5.66. The van der Waals surface area contributed by atoms with E-state index in [2.05, 4.69) is 4.98 Å².